The normalized spacial score (nSPS) is 11.0. The summed E-state index contributed by atoms with van der Waals surface area (Å²) in [6.07, 6.45) is 10.2. The van der Waals surface area contributed by atoms with Crippen molar-refractivity contribution in [2.24, 2.45) is 0 Å². The highest BCUT2D eigenvalue weighted by atomic mass is 35.5. The van der Waals surface area contributed by atoms with Crippen molar-refractivity contribution in [2.45, 2.75) is 26.2 Å². The van der Waals surface area contributed by atoms with Crippen LogP contribution in [-0.4, -0.2) is 19.9 Å². The highest BCUT2D eigenvalue weighted by molar-refractivity contribution is 6.34. The molecule has 106 valence electrons. The molecule has 0 aromatic carbocycles. The van der Waals surface area contributed by atoms with Crippen LogP contribution in [0, 0.1) is 0 Å². The monoisotopic (exact) mass is 298 g/mol. The molecule has 0 fully saturated rings. The first kappa shape index (κ1) is 13.9. The second-order valence-corrected chi connectivity index (χ2v) is 5.23. The Labute approximate surface area is 128 Å². The third-order valence-electron chi connectivity index (χ3n) is 3.38. The molecule has 0 aliphatic rings. The highest BCUT2D eigenvalue weighted by Crippen LogP contribution is 2.27. The fraction of sp³-hybridized carbons (Fsp3) is 0.250. The van der Waals surface area contributed by atoms with Crippen LogP contribution in [-0.2, 0) is 6.42 Å². The minimum absolute atomic E-state index is 0.486. The molecule has 0 aliphatic heterocycles. The predicted octanol–water partition coefficient (Wildman–Crippen LogP) is 4.08. The van der Waals surface area contributed by atoms with Gasteiger partial charge in [-0.2, -0.15) is 0 Å². The van der Waals surface area contributed by atoms with E-state index >= 15 is 0 Å². The number of unbranched alkanes of at least 4 members (excludes halogenated alkanes) is 1. The molecule has 0 amide bonds. The van der Waals surface area contributed by atoms with Gasteiger partial charge in [0.2, 0.25) is 0 Å². The molecule has 0 aliphatic carbocycles. The van der Waals surface area contributed by atoms with E-state index in [0.29, 0.717) is 11.0 Å². The number of pyridine rings is 2. The SMILES string of the molecule is CCCCc1cncc2nc(-c3ccncc3)nc(Cl)c12. The van der Waals surface area contributed by atoms with Crippen molar-refractivity contribution in [2.75, 3.05) is 0 Å². The lowest BCUT2D eigenvalue weighted by molar-refractivity contribution is 0.796. The smallest absolute Gasteiger partial charge is 0.161 e. The van der Waals surface area contributed by atoms with Crippen molar-refractivity contribution >= 4 is 22.5 Å². The zero-order valence-electron chi connectivity index (χ0n) is 11.8. The van der Waals surface area contributed by atoms with Gasteiger partial charge in [-0.25, -0.2) is 9.97 Å². The van der Waals surface area contributed by atoms with E-state index in [-0.39, 0.29) is 0 Å². The average molecular weight is 299 g/mol. The Morgan fingerprint density at radius 1 is 1.05 bits per heavy atom. The Morgan fingerprint density at radius 2 is 1.86 bits per heavy atom. The van der Waals surface area contributed by atoms with Crippen molar-refractivity contribution in [3.63, 3.8) is 0 Å². The van der Waals surface area contributed by atoms with E-state index in [4.69, 9.17) is 11.6 Å². The summed E-state index contributed by atoms with van der Waals surface area (Å²) >= 11 is 6.40. The Balaban J connectivity index is 2.13. The largest absolute Gasteiger partial charge is 0.265 e. The quantitative estimate of drug-likeness (QED) is 0.681. The second kappa shape index (κ2) is 6.14. The molecule has 0 saturated carbocycles. The van der Waals surface area contributed by atoms with Crippen LogP contribution < -0.4 is 0 Å². The lowest BCUT2D eigenvalue weighted by Crippen LogP contribution is -1.97. The van der Waals surface area contributed by atoms with Crippen molar-refractivity contribution in [3.8, 4) is 11.4 Å². The lowest BCUT2D eigenvalue weighted by atomic mass is 10.1. The van der Waals surface area contributed by atoms with Crippen LogP contribution in [0.3, 0.4) is 0 Å². The van der Waals surface area contributed by atoms with Gasteiger partial charge in [0.1, 0.15) is 5.15 Å². The van der Waals surface area contributed by atoms with Gasteiger partial charge in [0.05, 0.1) is 11.7 Å². The average Bonchev–Trinajstić information content (AvgIpc) is 2.53. The zero-order chi connectivity index (χ0) is 14.7. The summed E-state index contributed by atoms with van der Waals surface area (Å²) < 4.78 is 0. The first-order valence-electron chi connectivity index (χ1n) is 7.00. The van der Waals surface area contributed by atoms with Gasteiger partial charge in [0.15, 0.2) is 5.82 Å². The molecule has 0 unspecified atom stereocenters. The summed E-state index contributed by atoms with van der Waals surface area (Å²) in [5, 5.41) is 1.40. The molecule has 3 aromatic rings. The molecular weight excluding hydrogens is 284 g/mol. The van der Waals surface area contributed by atoms with Gasteiger partial charge >= 0.3 is 0 Å². The summed E-state index contributed by atoms with van der Waals surface area (Å²) in [5.41, 5.74) is 2.80. The first-order valence-corrected chi connectivity index (χ1v) is 7.38. The number of hydrogen-bond donors (Lipinski definition) is 0. The van der Waals surface area contributed by atoms with Gasteiger partial charge in [-0.05, 0) is 30.5 Å². The van der Waals surface area contributed by atoms with Crippen LogP contribution in [0.5, 0.6) is 0 Å². The van der Waals surface area contributed by atoms with E-state index in [2.05, 4.69) is 26.9 Å². The third kappa shape index (κ3) is 2.85. The molecule has 3 aromatic heterocycles. The minimum atomic E-state index is 0.486. The van der Waals surface area contributed by atoms with Gasteiger partial charge in [0.25, 0.3) is 0 Å². The number of rotatable bonds is 4. The standard InChI is InChI=1S/C16H15ClN4/c1-2-3-4-12-9-19-10-13-14(12)15(17)21-16(20-13)11-5-7-18-8-6-11/h5-10H,2-4H2,1H3. The van der Waals surface area contributed by atoms with Crippen LogP contribution in [0.1, 0.15) is 25.3 Å². The second-order valence-electron chi connectivity index (χ2n) is 4.87. The van der Waals surface area contributed by atoms with Crippen molar-refractivity contribution in [1.82, 2.24) is 19.9 Å². The van der Waals surface area contributed by atoms with Crippen molar-refractivity contribution < 1.29 is 0 Å². The van der Waals surface area contributed by atoms with Crippen LogP contribution in [0.2, 0.25) is 5.15 Å². The number of fused-ring (bicyclic) bond motifs is 1. The maximum atomic E-state index is 6.40. The molecule has 3 heterocycles. The molecule has 5 heteroatoms. The zero-order valence-corrected chi connectivity index (χ0v) is 12.5. The van der Waals surface area contributed by atoms with E-state index in [1.165, 1.54) is 0 Å². The Kier molecular flexibility index (Phi) is 4.06. The van der Waals surface area contributed by atoms with Gasteiger partial charge < -0.3 is 0 Å². The van der Waals surface area contributed by atoms with Crippen LogP contribution in [0.4, 0.5) is 0 Å². The number of aryl methyl sites for hydroxylation is 1. The molecule has 21 heavy (non-hydrogen) atoms. The van der Waals surface area contributed by atoms with Crippen molar-refractivity contribution in [3.05, 3.63) is 47.6 Å². The van der Waals surface area contributed by atoms with Gasteiger partial charge in [-0.1, -0.05) is 24.9 Å². The van der Waals surface area contributed by atoms with E-state index in [0.717, 1.165) is 41.3 Å². The van der Waals surface area contributed by atoms with Crippen LogP contribution >= 0.6 is 11.6 Å². The molecule has 0 atom stereocenters. The summed E-state index contributed by atoms with van der Waals surface area (Å²) in [6.45, 7) is 2.16. The number of aromatic nitrogens is 4. The molecule has 0 radical (unpaired) electrons. The Morgan fingerprint density at radius 3 is 2.62 bits per heavy atom. The van der Waals surface area contributed by atoms with Gasteiger partial charge in [-0.3, -0.25) is 9.97 Å². The molecule has 4 nitrogen and oxygen atoms in total. The molecule has 0 N–H and O–H groups in total. The maximum absolute atomic E-state index is 6.40. The summed E-state index contributed by atoms with van der Waals surface area (Å²) in [6, 6.07) is 3.73. The minimum Gasteiger partial charge on any atom is -0.265 e. The van der Waals surface area contributed by atoms with E-state index in [9.17, 15) is 0 Å². The predicted molar refractivity (Wildman–Crippen MR) is 84.2 cm³/mol. The molecule has 0 bridgehead atoms. The molecule has 0 saturated heterocycles. The van der Waals surface area contributed by atoms with E-state index in [1.54, 1.807) is 18.6 Å². The van der Waals surface area contributed by atoms with E-state index in [1.807, 2.05) is 18.3 Å². The van der Waals surface area contributed by atoms with Crippen LogP contribution in [0.25, 0.3) is 22.3 Å². The number of halogens is 1. The first-order chi connectivity index (χ1) is 10.3. The van der Waals surface area contributed by atoms with Gasteiger partial charge in [-0.15, -0.1) is 0 Å². The van der Waals surface area contributed by atoms with E-state index < -0.39 is 0 Å². The number of hydrogen-bond acceptors (Lipinski definition) is 4. The fourth-order valence-corrected chi connectivity index (χ4v) is 2.59. The lowest BCUT2D eigenvalue weighted by Gasteiger charge is -2.08. The van der Waals surface area contributed by atoms with Crippen LogP contribution in [0.15, 0.2) is 36.9 Å². The maximum Gasteiger partial charge on any atom is 0.161 e. The molecule has 3 rings (SSSR count). The Hall–Kier alpha value is -2.07. The molecule has 0 spiro atoms. The number of nitrogens with zero attached hydrogens (tertiary/aromatic N) is 4. The topological polar surface area (TPSA) is 51.6 Å². The summed E-state index contributed by atoms with van der Waals surface area (Å²) in [4.78, 5) is 17.3. The third-order valence-corrected chi connectivity index (χ3v) is 3.65. The van der Waals surface area contributed by atoms with Gasteiger partial charge in [0, 0.05) is 29.5 Å². The van der Waals surface area contributed by atoms with Crippen molar-refractivity contribution in [1.29, 1.82) is 0 Å². The summed E-state index contributed by atoms with van der Waals surface area (Å²) in [7, 11) is 0. The fourth-order valence-electron chi connectivity index (χ4n) is 2.29. The molecular formula is C16H15ClN4. The Bertz CT molecular complexity index is 759. The highest BCUT2D eigenvalue weighted by Gasteiger charge is 2.11. The summed E-state index contributed by atoms with van der Waals surface area (Å²) in [5.74, 6) is 0.601.